The molecule has 0 aliphatic carbocycles. The number of nitrogen functional groups attached to an aromatic ring is 1. The highest BCUT2D eigenvalue weighted by atomic mass is 32.2. The van der Waals surface area contributed by atoms with Gasteiger partial charge in [0.1, 0.15) is 11.6 Å². The zero-order valence-corrected chi connectivity index (χ0v) is 10.9. The first kappa shape index (κ1) is 13.3. The van der Waals surface area contributed by atoms with Gasteiger partial charge in [-0.25, -0.2) is 17.8 Å². The van der Waals surface area contributed by atoms with E-state index in [2.05, 4.69) is 9.71 Å². The lowest BCUT2D eigenvalue weighted by atomic mass is 10.2. The lowest BCUT2D eigenvalue weighted by Gasteiger charge is -2.09. The van der Waals surface area contributed by atoms with Crippen LogP contribution < -0.4 is 10.5 Å². The number of sulfonamides is 1. The third kappa shape index (κ3) is 3.00. The topological polar surface area (TPSA) is 85.1 Å². The van der Waals surface area contributed by atoms with Crippen molar-refractivity contribution in [3.8, 4) is 0 Å². The van der Waals surface area contributed by atoms with E-state index >= 15 is 0 Å². The molecule has 2 rings (SSSR count). The number of nitrogens with zero attached hydrogens (tertiary/aromatic N) is 1. The van der Waals surface area contributed by atoms with Gasteiger partial charge in [0, 0.05) is 12.3 Å². The number of hydrogen-bond acceptors (Lipinski definition) is 4. The first-order chi connectivity index (χ1) is 8.88. The zero-order chi connectivity index (χ0) is 14.0. The van der Waals surface area contributed by atoms with Crippen molar-refractivity contribution in [1.82, 2.24) is 4.98 Å². The number of rotatable bonds is 3. The van der Waals surface area contributed by atoms with Crippen molar-refractivity contribution in [2.75, 3.05) is 10.5 Å². The highest BCUT2D eigenvalue weighted by molar-refractivity contribution is 7.92. The van der Waals surface area contributed by atoms with Crippen LogP contribution >= 0.6 is 0 Å². The zero-order valence-electron chi connectivity index (χ0n) is 10.1. The Morgan fingerprint density at radius 3 is 2.63 bits per heavy atom. The van der Waals surface area contributed by atoms with E-state index in [4.69, 9.17) is 5.73 Å². The number of halogens is 1. The molecule has 1 aromatic carbocycles. The van der Waals surface area contributed by atoms with Gasteiger partial charge in [-0.1, -0.05) is 6.07 Å². The van der Waals surface area contributed by atoms with Crippen LogP contribution in [-0.2, 0) is 10.0 Å². The van der Waals surface area contributed by atoms with E-state index in [-0.39, 0.29) is 16.4 Å². The van der Waals surface area contributed by atoms with Crippen LogP contribution in [0.5, 0.6) is 0 Å². The summed E-state index contributed by atoms with van der Waals surface area (Å²) >= 11 is 0. The molecule has 1 heterocycles. The van der Waals surface area contributed by atoms with Crippen molar-refractivity contribution < 1.29 is 12.8 Å². The molecule has 3 N–H and O–H groups in total. The van der Waals surface area contributed by atoms with Crippen LogP contribution in [0.15, 0.2) is 41.4 Å². The minimum Gasteiger partial charge on any atom is -0.384 e. The van der Waals surface area contributed by atoms with Crippen molar-refractivity contribution in [2.45, 2.75) is 11.8 Å². The lowest BCUT2D eigenvalue weighted by Crippen LogP contribution is -2.13. The number of hydrogen-bond donors (Lipinski definition) is 2. The van der Waals surface area contributed by atoms with Crippen LogP contribution in [0.2, 0.25) is 0 Å². The maximum Gasteiger partial charge on any atom is 0.262 e. The van der Waals surface area contributed by atoms with E-state index in [1.807, 2.05) is 0 Å². The highest BCUT2D eigenvalue weighted by Crippen LogP contribution is 2.19. The fourth-order valence-electron chi connectivity index (χ4n) is 1.47. The summed E-state index contributed by atoms with van der Waals surface area (Å²) < 4.78 is 39.7. The molecule has 0 bridgehead atoms. The lowest BCUT2D eigenvalue weighted by molar-refractivity contribution is 0.601. The summed E-state index contributed by atoms with van der Waals surface area (Å²) in [5.74, 6) is -0.382. The third-order valence-corrected chi connectivity index (χ3v) is 3.87. The predicted octanol–water partition coefficient (Wildman–Crippen LogP) is 1.91. The summed E-state index contributed by atoms with van der Waals surface area (Å²) in [5, 5.41) is 0. The van der Waals surface area contributed by atoms with Gasteiger partial charge >= 0.3 is 0 Å². The summed E-state index contributed by atoms with van der Waals surface area (Å²) in [7, 11) is -3.80. The highest BCUT2D eigenvalue weighted by Gasteiger charge is 2.15. The standard InChI is InChI=1S/C12H12FN3O2S/c1-8-2-3-9(6-11(8)13)16-19(17,18)10-4-5-15-12(14)7-10/h2-7,16H,1H3,(H2,14,15). The molecule has 0 amide bonds. The SMILES string of the molecule is Cc1ccc(NS(=O)(=O)c2ccnc(N)c2)cc1F. The van der Waals surface area contributed by atoms with E-state index in [9.17, 15) is 12.8 Å². The molecule has 19 heavy (non-hydrogen) atoms. The third-order valence-electron chi connectivity index (χ3n) is 2.49. The van der Waals surface area contributed by atoms with Gasteiger partial charge in [-0.2, -0.15) is 0 Å². The largest absolute Gasteiger partial charge is 0.384 e. The molecule has 100 valence electrons. The number of aromatic nitrogens is 1. The van der Waals surface area contributed by atoms with Gasteiger partial charge in [0.05, 0.1) is 10.6 Å². The van der Waals surface area contributed by atoms with Gasteiger partial charge in [0.15, 0.2) is 0 Å². The Hall–Kier alpha value is -2.15. The van der Waals surface area contributed by atoms with Crippen LogP contribution in [0.25, 0.3) is 0 Å². The Kier molecular flexibility index (Phi) is 3.39. The Morgan fingerprint density at radius 1 is 1.26 bits per heavy atom. The van der Waals surface area contributed by atoms with Gasteiger partial charge in [0.2, 0.25) is 0 Å². The number of anilines is 2. The fourth-order valence-corrected chi connectivity index (χ4v) is 2.54. The second-order valence-electron chi connectivity index (χ2n) is 3.99. The smallest absolute Gasteiger partial charge is 0.262 e. The number of pyridine rings is 1. The average molecular weight is 281 g/mol. The quantitative estimate of drug-likeness (QED) is 0.900. The van der Waals surface area contributed by atoms with Crippen LogP contribution in [0.3, 0.4) is 0 Å². The van der Waals surface area contributed by atoms with E-state index in [0.29, 0.717) is 5.56 Å². The summed E-state index contributed by atoms with van der Waals surface area (Å²) in [5.41, 5.74) is 6.02. The van der Waals surface area contributed by atoms with Crippen molar-refractivity contribution in [1.29, 1.82) is 0 Å². The molecule has 0 radical (unpaired) electrons. The number of aryl methyl sites for hydroxylation is 1. The molecule has 7 heteroatoms. The molecule has 0 spiro atoms. The minimum absolute atomic E-state index is 0.0269. The second-order valence-corrected chi connectivity index (χ2v) is 5.67. The molecule has 0 aliphatic heterocycles. The molecule has 0 fully saturated rings. The Balaban J connectivity index is 2.33. The molecule has 0 atom stereocenters. The molecule has 2 aromatic rings. The Labute approximate surface area is 110 Å². The number of nitrogens with two attached hydrogens (primary N) is 1. The van der Waals surface area contributed by atoms with Crippen molar-refractivity contribution in [3.63, 3.8) is 0 Å². The first-order valence-electron chi connectivity index (χ1n) is 5.39. The molecule has 0 aliphatic rings. The van der Waals surface area contributed by atoms with Crippen LogP contribution in [-0.4, -0.2) is 13.4 Å². The fraction of sp³-hybridized carbons (Fsp3) is 0.0833. The monoisotopic (exact) mass is 281 g/mol. The Morgan fingerprint density at radius 2 is 2.00 bits per heavy atom. The van der Waals surface area contributed by atoms with Crippen molar-refractivity contribution in [2.24, 2.45) is 0 Å². The summed E-state index contributed by atoms with van der Waals surface area (Å²) in [6, 6.07) is 6.64. The molecule has 5 nitrogen and oxygen atoms in total. The van der Waals surface area contributed by atoms with E-state index in [1.165, 1.54) is 30.5 Å². The molecular formula is C12H12FN3O2S. The maximum absolute atomic E-state index is 13.4. The van der Waals surface area contributed by atoms with E-state index in [1.54, 1.807) is 6.92 Å². The second kappa shape index (κ2) is 4.85. The molecular weight excluding hydrogens is 269 g/mol. The summed E-state index contributed by atoms with van der Waals surface area (Å²) in [4.78, 5) is 3.68. The number of nitrogens with one attached hydrogen (secondary N) is 1. The first-order valence-corrected chi connectivity index (χ1v) is 6.87. The van der Waals surface area contributed by atoms with Crippen LogP contribution in [0.4, 0.5) is 15.9 Å². The minimum atomic E-state index is -3.80. The Bertz CT molecular complexity index is 717. The van der Waals surface area contributed by atoms with Gasteiger partial charge in [0.25, 0.3) is 10.0 Å². The molecule has 0 unspecified atom stereocenters. The van der Waals surface area contributed by atoms with Gasteiger partial charge in [-0.05, 0) is 30.7 Å². The average Bonchev–Trinajstić information content (AvgIpc) is 2.33. The van der Waals surface area contributed by atoms with Gasteiger partial charge in [-0.15, -0.1) is 0 Å². The summed E-state index contributed by atoms with van der Waals surface area (Å²) in [6.45, 7) is 1.59. The van der Waals surface area contributed by atoms with Crippen molar-refractivity contribution >= 4 is 21.5 Å². The van der Waals surface area contributed by atoms with Gasteiger partial charge in [-0.3, -0.25) is 4.72 Å². The molecule has 1 aromatic heterocycles. The van der Waals surface area contributed by atoms with Crippen molar-refractivity contribution in [3.05, 3.63) is 47.9 Å². The van der Waals surface area contributed by atoms with E-state index < -0.39 is 15.8 Å². The number of benzene rings is 1. The van der Waals surface area contributed by atoms with Gasteiger partial charge < -0.3 is 5.73 Å². The van der Waals surface area contributed by atoms with E-state index in [0.717, 1.165) is 6.07 Å². The van der Waals surface area contributed by atoms with Crippen LogP contribution in [0, 0.1) is 12.7 Å². The predicted molar refractivity (Wildman–Crippen MR) is 70.6 cm³/mol. The normalized spacial score (nSPS) is 11.3. The summed E-state index contributed by atoms with van der Waals surface area (Å²) in [6.07, 6.45) is 1.29. The molecule has 0 saturated heterocycles. The molecule has 0 saturated carbocycles. The maximum atomic E-state index is 13.4. The van der Waals surface area contributed by atoms with Crippen LogP contribution in [0.1, 0.15) is 5.56 Å².